The number of esters is 4. The summed E-state index contributed by atoms with van der Waals surface area (Å²) in [6.07, 6.45) is 3.10. The van der Waals surface area contributed by atoms with Gasteiger partial charge in [0, 0.05) is 12.2 Å². The van der Waals surface area contributed by atoms with Crippen molar-refractivity contribution in [2.24, 2.45) is 0 Å². The zero-order valence-electron chi connectivity index (χ0n) is 28.2. The minimum absolute atomic E-state index is 0.0776. The summed E-state index contributed by atoms with van der Waals surface area (Å²) in [6, 6.07) is 26.3. The molecule has 12 nitrogen and oxygen atoms in total. The van der Waals surface area contributed by atoms with Crippen LogP contribution >= 0.6 is 0 Å². The standard InChI is InChI=1S/C40H34O12/c1-45-29-13-17-31(18-14-29)49-35(41)21-7-25-3-9-27(10-4-25)39(43)51-33-23-47-38-34(24-48-37(33)38)52-40(44)28-11-5-26(6-12-28)8-22-36(42)50-32-19-15-30(46-2)16-20-32/h3-22,33-34,37-38H,23-24H2,1-2H3/b21-7+,22-8+/t33-,34?,37+,38+/m0/s1. The molecule has 4 atom stereocenters. The maximum atomic E-state index is 12.9. The second-order valence-electron chi connectivity index (χ2n) is 11.6. The van der Waals surface area contributed by atoms with Gasteiger partial charge in [0.25, 0.3) is 0 Å². The van der Waals surface area contributed by atoms with Crippen LogP contribution in [0.3, 0.4) is 0 Å². The number of carbonyl (C=O) groups is 4. The third-order valence-corrected chi connectivity index (χ3v) is 8.15. The summed E-state index contributed by atoms with van der Waals surface area (Å²) in [5.74, 6) is -0.204. The quantitative estimate of drug-likeness (QED) is 0.104. The Bertz CT molecular complexity index is 1790. The molecule has 2 aliphatic rings. The minimum Gasteiger partial charge on any atom is -0.497 e. The van der Waals surface area contributed by atoms with E-state index in [0.29, 0.717) is 45.3 Å². The average molecular weight is 707 g/mol. The third-order valence-electron chi connectivity index (χ3n) is 8.15. The average Bonchev–Trinajstić information content (AvgIpc) is 3.76. The molecule has 266 valence electrons. The van der Waals surface area contributed by atoms with E-state index < -0.39 is 48.3 Å². The van der Waals surface area contributed by atoms with Crippen molar-refractivity contribution in [2.75, 3.05) is 27.4 Å². The molecule has 4 aromatic carbocycles. The molecule has 2 aliphatic heterocycles. The lowest BCUT2D eigenvalue weighted by molar-refractivity contribution is -0.129. The Kier molecular flexibility index (Phi) is 11.4. The fraction of sp³-hybridized carbons (Fsp3) is 0.200. The highest BCUT2D eigenvalue weighted by Crippen LogP contribution is 2.31. The van der Waals surface area contributed by atoms with E-state index in [9.17, 15) is 19.2 Å². The summed E-state index contributed by atoms with van der Waals surface area (Å²) in [7, 11) is 3.10. The van der Waals surface area contributed by atoms with Gasteiger partial charge in [0.05, 0.1) is 38.6 Å². The second kappa shape index (κ2) is 16.6. The van der Waals surface area contributed by atoms with E-state index in [4.69, 9.17) is 37.9 Å². The van der Waals surface area contributed by atoms with Crippen molar-refractivity contribution in [1.29, 1.82) is 0 Å². The summed E-state index contributed by atoms with van der Waals surface area (Å²) in [5.41, 5.74) is 1.95. The van der Waals surface area contributed by atoms with Crippen molar-refractivity contribution >= 4 is 36.0 Å². The molecule has 52 heavy (non-hydrogen) atoms. The van der Waals surface area contributed by atoms with Crippen LogP contribution in [0.5, 0.6) is 23.0 Å². The molecule has 0 aromatic heterocycles. The van der Waals surface area contributed by atoms with Crippen LogP contribution in [0.1, 0.15) is 31.8 Å². The van der Waals surface area contributed by atoms with Gasteiger partial charge < -0.3 is 37.9 Å². The Morgan fingerprint density at radius 1 is 0.519 bits per heavy atom. The van der Waals surface area contributed by atoms with Gasteiger partial charge in [0.1, 0.15) is 35.2 Å². The highest BCUT2D eigenvalue weighted by atomic mass is 16.7. The molecule has 6 rings (SSSR count). The van der Waals surface area contributed by atoms with Crippen LogP contribution in [0.15, 0.2) is 109 Å². The third kappa shape index (κ3) is 9.10. The van der Waals surface area contributed by atoms with Gasteiger partial charge >= 0.3 is 23.9 Å². The Labute approximate surface area is 299 Å². The van der Waals surface area contributed by atoms with Crippen LogP contribution in [0, 0.1) is 0 Å². The number of hydrogen-bond acceptors (Lipinski definition) is 12. The van der Waals surface area contributed by atoms with Crippen molar-refractivity contribution in [3.8, 4) is 23.0 Å². The molecule has 0 aliphatic carbocycles. The number of ether oxygens (including phenoxy) is 8. The van der Waals surface area contributed by atoms with Crippen LogP contribution in [0.2, 0.25) is 0 Å². The van der Waals surface area contributed by atoms with Gasteiger partial charge in [-0.25, -0.2) is 19.2 Å². The molecule has 0 radical (unpaired) electrons. The summed E-state index contributed by atoms with van der Waals surface area (Å²) in [5, 5.41) is 0. The van der Waals surface area contributed by atoms with Crippen molar-refractivity contribution < 1.29 is 57.1 Å². The predicted octanol–water partition coefficient (Wildman–Crippen LogP) is 5.49. The van der Waals surface area contributed by atoms with Crippen molar-refractivity contribution in [1.82, 2.24) is 0 Å². The summed E-state index contributed by atoms with van der Waals surface area (Å²) >= 11 is 0. The van der Waals surface area contributed by atoms with Crippen molar-refractivity contribution in [2.45, 2.75) is 24.4 Å². The molecule has 2 saturated heterocycles. The first-order valence-corrected chi connectivity index (χ1v) is 16.2. The summed E-state index contributed by atoms with van der Waals surface area (Å²) < 4.78 is 43.8. The smallest absolute Gasteiger partial charge is 0.338 e. The van der Waals surface area contributed by atoms with Crippen molar-refractivity contribution in [3.63, 3.8) is 0 Å². The number of fused-ring (bicyclic) bond motifs is 1. The van der Waals surface area contributed by atoms with Crippen LogP contribution in [0.4, 0.5) is 0 Å². The maximum absolute atomic E-state index is 12.9. The first kappa shape index (κ1) is 35.6. The summed E-state index contributed by atoms with van der Waals surface area (Å²) in [4.78, 5) is 50.2. The monoisotopic (exact) mass is 706 g/mol. The lowest BCUT2D eigenvalue weighted by Crippen LogP contribution is -2.36. The fourth-order valence-corrected chi connectivity index (χ4v) is 5.42. The molecule has 0 saturated carbocycles. The molecule has 2 heterocycles. The molecule has 0 N–H and O–H groups in total. The Morgan fingerprint density at radius 3 is 1.21 bits per heavy atom. The molecule has 2 fully saturated rings. The molecule has 4 aromatic rings. The molecule has 0 bridgehead atoms. The second-order valence-corrected chi connectivity index (χ2v) is 11.6. The first-order chi connectivity index (χ1) is 25.3. The van der Waals surface area contributed by atoms with Crippen LogP contribution in [-0.4, -0.2) is 75.7 Å². The van der Waals surface area contributed by atoms with E-state index in [2.05, 4.69) is 0 Å². The minimum atomic E-state index is -0.698. The topological polar surface area (TPSA) is 142 Å². The lowest BCUT2D eigenvalue weighted by Gasteiger charge is -2.17. The molecule has 1 unspecified atom stereocenters. The van der Waals surface area contributed by atoms with Gasteiger partial charge in [-0.15, -0.1) is 0 Å². The summed E-state index contributed by atoms with van der Waals surface area (Å²) in [6.45, 7) is 0.155. The molecular weight excluding hydrogens is 672 g/mol. The zero-order valence-corrected chi connectivity index (χ0v) is 28.2. The Balaban J connectivity index is 0.947. The Hall–Kier alpha value is -6.24. The van der Waals surface area contributed by atoms with Crippen LogP contribution in [0.25, 0.3) is 12.2 Å². The van der Waals surface area contributed by atoms with Crippen LogP contribution in [-0.2, 0) is 28.5 Å². The molecule has 0 amide bonds. The first-order valence-electron chi connectivity index (χ1n) is 16.2. The predicted molar refractivity (Wildman–Crippen MR) is 186 cm³/mol. The van der Waals surface area contributed by atoms with E-state index in [1.54, 1.807) is 123 Å². The highest BCUT2D eigenvalue weighted by molar-refractivity contribution is 5.92. The number of rotatable bonds is 12. The molecule has 0 spiro atoms. The number of methoxy groups -OCH3 is 2. The lowest BCUT2D eigenvalue weighted by atomic mass is 10.1. The molecule has 12 heteroatoms. The van der Waals surface area contributed by atoms with Gasteiger partial charge in [-0.05, 0) is 96.1 Å². The van der Waals surface area contributed by atoms with Crippen LogP contribution < -0.4 is 18.9 Å². The zero-order chi connectivity index (χ0) is 36.5. The number of carbonyl (C=O) groups excluding carboxylic acids is 4. The largest absolute Gasteiger partial charge is 0.497 e. The fourth-order valence-electron chi connectivity index (χ4n) is 5.42. The van der Waals surface area contributed by atoms with E-state index >= 15 is 0 Å². The van der Waals surface area contributed by atoms with E-state index in [0.717, 1.165) is 0 Å². The van der Waals surface area contributed by atoms with E-state index in [-0.39, 0.29) is 13.2 Å². The van der Waals surface area contributed by atoms with Crippen molar-refractivity contribution in [3.05, 3.63) is 131 Å². The highest BCUT2D eigenvalue weighted by Gasteiger charge is 2.51. The van der Waals surface area contributed by atoms with Gasteiger partial charge in [0.15, 0.2) is 12.2 Å². The molecular formula is C40H34O12. The normalized spacial score (nSPS) is 19.2. The van der Waals surface area contributed by atoms with Gasteiger partial charge in [0.2, 0.25) is 0 Å². The number of hydrogen-bond donors (Lipinski definition) is 0. The van der Waals surface area contributed by atoms with Gasteiger partial charge in [-0.3, -0.25) is 0 Å². The SMILES string of the molecule is COc1ccc(OC(=O)/C=C/c2ccc(C(=O)OC3CO[C@@H]4[C@@H](OC(=O)c5ccc(/C=C/C(=O)Oc6ccc(OC)cc6)cc5)CO[C@H]34)cc2)cc1. The van der Waals surface area contributed by atoms with Gasteiger partial charge in [-0.1, -0.05) is 24.3 Å². The number of benzene rings is 4. The Morgan fingerprint density at radius 2 is 0.865 bits per heavy atom. The van der Waals surface area contributed by atoms with E-state index in [1.165, 1.54) is 12.2 Å². The van der Waals surface area contributed by atoms with Gasteiger partial charge in [-0.2, -0.15) is 0 Å². The maximum Gasteiger partial charge on any atom is 0.338 e. The van der Waals surface area contributed by atoms with E-state index in [1.807, 2.05) is 0 Å².